The van der Waals surface area contributed by atoms with E-state index in [9.17, 15) is 4.79 Å². The van der Waals surface area contributed by atoms with Gasteiger partial charge in [-0.25, -0.2) is 0 Å². The lowest BCUT2D eigenvalue weighted by Gasteiger charge is -2.31. The van der Waals surface area contributed by atoms with E-state index >= 15 is 0 Å². The minimum Gasteiger partial charge on any atom is -0.460 e. The monoisotopic (exact) mass is 451 g/mol. The molecule has 5 nitrogen and oxygen atoms in total. The molecule has 2 atom stereocenters. The molecule has 2 unspecified atom stereocenters. The molecule has 0 saturated heterocycles. The van der Waals surface area contributed by atoms with E-state index in [-0.39, 0.29) is 11.9 Å². The van der Waals surface area contributed by atoms with Crippen molar-refractivity contribution in [3.63, 3.8) is 0 Å². The molecule has 1 amide bonds. The highest BCUT2D eigenvalue weighted by Crippen LogP contribution is 2.25. The Labute approximate surface area is 199 Å². The van der Waals surface area contributed by atoms with Gasteiger partial charge in [-0.3, -0.25) is 10.1 Å². The number of aromatic amines is 1. The van der Waals surface area contributed by atoms with Gasteiger partial charge in [0.15, 0.2) is 0 Å². The van der Waals surface area contributed by atoms with Gasteiger partial charge < -0.3 is 14.7 Å². The first-order chi connectivity index (χ1) is 16.5. The largest absolute Gasteiger partial charge is 0.460 e. The number of H-pyrrole nitrogens is 1. The molecule has 0 spiro atoms. The van der Waals surface area contributed by atoms with Crippen LogP contribution in [0.1, 0.15) is 36.8 Å². The first-order valence-electron chi connectivity index (χ1n) is 11.7. The molecule has 3 N–H and O–H groups in total. The molecular formula is C29H29N3O2. The van der Waals surface area contributed by atoms with E-state index < -0.39 is 5.54 Å². The molecule has 0 aliphatic heterocycles. The number of fused-ring (bicyclic) bond motifs is 2. The van der Waals surface area contributed by atoms with Crippen LogP contribution in [0.3, 0.4) is 0 Å². The summed E-state index contributed by atoms with van der Waals surface area (Å²) in [5.74, 6) is 0.750. The molecular weight excluding hydrogens is 422 g/mol. The van der Waals surface area contributed by atoms with E-state index in [4.69, 9.17) is 4.42 Å². The minimum atomic E-state index is -0.854. The van der Waals surface area contributed by atoms with Crippen LogP contribution in [0.25, 0.3) is 21.9 Å². The smallest absolute Gasteiger partial charge is 0.240 e. The van der Waals surface area contributed by atoms with Gasteiger partial charge in [-0.15, -0.1) is 0 Å². The average molecular weight is 452 g/mol. The summed E-state index contributed by atoms with van der Waals surface area (Å²) < 4.78 is 6.00. The Morgan fingerprint density at radius 2 is 1.74 bits per heavy atom. The number of carbonyl (C=O) groups is 1. The molecule has 34 heavy (non-hydrogen) atoms. The van der Waals surface area contributed by atoms with Gasteiger partial charge in [0.2, 0.25) is 5.91 Å². The second-order valence-electron chi connectivity index (χ2n) is 9.08. The number of rotatable bonds is 8. The standard InChI is InChI=1S/C29H29N3O2/c1-20(21-10-4-3-5-11-21)32-28(33)29(2,17-23-18-30-26-14-8-7-13-25(23)26)31-19-24-16-22-12-6-9-15-27(22)34-24/h3-16,18,20,30-31H,17,19H2,1-2H3,(H,32,33). The predicted octanol–water partition coefficient (Wildman–Crippen LogP) is 5.88. The first-order valence-corrected chi connectivity index (χ1v) is 11.7. The maximum Gasteiger partial charge on any atom is 0.240 e. The van der Waals surface area contributed by atoms with E-state index in [0.717, 1.165) is 38.8 Å². The Balaban J connectivity index is 1.41. The molecule has 172 valence electrons. The van der Waals surface area contributed by atoms with Gasteiger partial charge in [0.05, 0.1) is 18.1 Å². The number of carbonyl (C=O) groups excluding carboxylic acids is 1. The Morgan fingerprint density at radius 3 is 2.56 bits per heavy atom. The zero-order chi connectivity index (χ0) is 23.5. The third kappa shape index (κ3) is 4.47. The van der Waals surface area contributed by atoms with Crippen LogP contribution in [-0.4, -0.2) is 16.4 Å². The van der Waals surface area contributed by atoms with Gasteiger partial charge in [0.25, 0.3) is 0 Å². The second-order valence-corrected chi connectivity index (χ2v) is 9.08. The SMILES string of the molecule is CC(NC(=O)C(C)(Cc1c[nH]c2ccccc12)NCc1cc2ccccc2o1)c1ccccc1. The number of benzene rings is 3. The highest BCUT2D eigenvalue weighted by atomic mass is 16.3. The number of para-hydroxylation sites is 2. The van der Waals surface area contributed by atoms with Gasteiger partial charge in [-0.1, -0.05) is 66.7 Å². The fourth-order valence-corrected chi connectivity index (χ4v) is 4.47. The Hall–Kier alpha value is -3.83. The molecule has 2 heterocycles. The second kappa shape index (κ2) is 9.20. The molecule has 5 rings (SSSR count). The van der Waals surface area contributed by atoms with Crippen molar-refractivity contribution < 1.29 is 9.21 Å². The summed E-state index contributed by atoms with van der Waals surface area (Å²) in [5.41, 5.74) is 3.22. The van der Waals surface area contributed by atoms with Crippen LogP contribution >= 0.6 is 0 Å². The number of aromatic nitrogens is 1. The number of hydrogen-bond donors (Lipinski definition) is 3. The lowest BCUT2D eigenvalue weighted by Crippen LogP contribution is -2.56. The lowest BCUT2D eigenvalue weighted by atomic mass is 9.90. The molecule has 0 aliphatic carbocycles. The summed E-state index contributed by atoms with van der Waals surface area (Å²) in [4.78, 5) is 17.0. The first kappa shape index (κ1) is 22.0. The van der Waals surface area contributed by atoms with Crippen LogP contribution in [0, 0.1) is 0 Å². The average Bonchev–Trinajstić information content (AvgIpc) is 3.47. The number of amides is 1. The van der Waals surface area contributed by atoms with Gasteiger partial charge in [0, 0.05) is 28.9 Å². The van der Waals surface area contributed by atoms with E-state index in [2.05, 4.69) is 27.8 Å². The van der Waals surface area contributed by atoms with Crippen molar-refractivity contribution in [3.8, 4) is 0 Å². The maximum atomic E-state index is 13.7. The van der Waals surface area contributed by atoms with Gasteiger partial charge in [-0.05, 0) is 43.2 Å². The minimum absolute atomic E-state index is 0.0507. The number of nitrogens with one attached hydrogen (secondary N) is 3. The van der Waals surface area contributed by atoms with Crippen molar-refractivity contribution in [2.45, 2.75) is 38.4 Å². The summed E-state index contributed by atoms with van der Waals surface area (Å²) in [6.45, 7) is 4.42. The fraction of sp³-hybridized carbons (Fsp3) is 0.207. The third-order valence-electron chi connectivity index (χ3n) is 6.50. The van der Waals surface area contributed by atoms with E-state index in [1.165, 1.54) is 0 Å². The molecule has 2 aromatic heterocycles. The molecule has 5 aromatic rings. The fourth-order valence-electron chi connectivity index (χ4n) is 4.47. The van der Waals surface area contributed by atoms with Gasteiger partial charge in [-0.2, -0.15) is 0 Å². The van der Waals surface area contributed by atoms with Crippen LogP contribution in [0.5, 0.6) is 0 Å². The molecule has 0 radical (unpaired) electrons. The van der Waals surface area contributed by atoms with Gasteiger partial charge in [0.1, 0.15) is 11.3 Å². The molecule has 5 heteroatoms. The normalized spacial score (nSPS) is 14.2. The number of hydrogen-bond acceptors (Lipinski definition) is 3. The van der Waals surface area contributed by atoms with E-state index in [1.54, 1.807) is 0 Å². The Morgan fingerprint density at radius 1 is 1.00 bits per heavy atom. The van der Waals surface area contributed by atoms with Gasteiger partial charge >= 0.3 is 0 Å². The number of furan rings is 1. The lowest BCUT2D eigenvalue weighted by molar-refractivity contribution is -0.127. The van der Waals surface area contributed by atoms with Crippen LogP contribution in [0.2, 0.25) is 0 Å². The highest BCUT2D eigenvalue weighted by molar-refractivity contribution is 5.89. The zero-order valence-electron chi connectivity index (χ0n) is 19.5. The predicted molar refractivity (Wildman–Crippen MR) is 136 cm³/mol. The van der Waals surface area contributed by atoms with Crippen molar-refractivity contribution in [2.24, 2.45) is 0 Å². The third-order valence-corrected chi connectivity index (χ3v) is 6.50. The summed E-state index contributed by atoms with van der Waals surface area (Å²) in [6, 6.07) is 28.1. The van der Waals surface area contributed by atoms with E-state index in [1.807, 2.05) is 92.8 Å². The van der Waals surface area contributed by atoms with Crippen LogP contribution in [0.15, 0.2) is 95.5 Å². The van der Waals surface area contributed by atoms with Crippen LogP contribution in [-0.2, 0) is 17.8 Å². The highest BCUT2D eigenvalue weighted by Gasteiger charge is 2.35. The quantitative estimate of drug-likeness (QED) is 0.276. The molecule has 0 bridgehead atoms. The molecule has 3 aromatic carbocycles. The van der Waals surface area contributed by atoms with Crippen LogP contribution < -0.4 is 10.6 Å². The zero-order valence-corrected chi connectivity index (χ0v) is 19.5. The van der Waals surface area contributed by atoms with Crippen LogP contribution in [0.4, 0.5) is 0 Å². The molecule has 0 fully saturated rings. The van der Waals surface area contributed by atoms with Crippen molar-refractivity contribution in [3.05, 3.63) is 108 Å². The Kier molecular flexibility index (Phi) is 5.95. The summed E-state index contributed by atoms with van der Waals surface area (Å²) in [6.07, 6.45) is 2.53. The summed E-state index contributed by atoms with van der Waals surface area (Å²) in [5, 5.41) is 8.91. The van der Waals surface area contributed by atoms with Crippen molar-refractivity contribution in [1.82, 2.24) is 15.6 Å². The summed E-state index contributed by atoms with van der Waals surface area (Å²) >= 11 is 0. The van der Waals surface area contributed by atoms with Crippen molar-refractivity contribution >= 4 is 27.8 Å². The summed E-state index contributed by atoms with van der Waals surface area (Å²) in [7, 11) is 0. The maximum absolute atomic E-state index is 13.7. The topological polar surface area (TPSA) is 70.1 Å². The molecule has 0 saturated carbocycles. The molecule has 0 aliphatic rings. The van der Waals surface area contributed by atoms with Crippen molar-refractivity contribution in [2.75, 3.05) is 0 Å². The van der Waals surface area contributed by atoms with E-state index in [0.29, 0.717) is 13.0 Å². The van der Waals surface area contributed by atoms with Crippen molar-refractivity contribution in [1.29, 1.82) is 0 Å². The Bertz CT molecular complexity index is 1390.